The molecule has 0 radical (unpaired) electrons. The summed E-state index contributed by atoms with van der Waals surface area (Å²) in [4.78, 5) is 0. The van der Waals surface area contributed by atoms with Gasteiger partial charge >= 0.3 is 0 Å². The van der Waals surface area contributed by atoms with Crippen LogP contribution in [-0.4, -0.2) is 46.5 Å². The minimum Gasteiger partial charge on any atom is -0.396 e. The van der Waals surface area contributed by atoms with Crippen molar-refractivity contribution in [3.05, 3.63) is 65.2 Å². The number of anilines is 1. The highest BCUT2D eigenvalue weighted by atomic mass is 32.2. The minimum absolute atomic E-state index is 0.224. The molecule has 0 bridgehead atoms. The zero-order chi connectivity index (χ0) is 20.5. The van der Waals surface area contributed by atoms with Gasteiger partial charge in [-0.3, -0.25) is 5.01 Å². The van der Waals surface area contributed by atoms with Crippen LogP contribution in [0.5, 0.6) is 0 Å². The molecule has 0 amide bonds. The van der Waals surface area contributed by atoms with Crippen molar-refractivity contribution >= 4 is 28.8 Å². The SMILES string of the molecule is CSCC1OC(C)C(N(N)/C2=C(\N)c3ccccc3NCc3ccccc32)C1O. The molecule has 2 aliphatic heterocycles. The van der Waals surface area contributed by atoms with Crippen LogP contribution in [0.4, 0.5) is 5.69 Å². The fourth-order valence-corrected chi connectivity index (χ4v) is 4.90. The zero-order valence-corrected chi connectivity index (χ0v) is 17.5. The molecule has 7 heteroatoms. The van der Waals surface area contributed by atoms with Gasteiger partial charge in [-0.2, -0.15) is 11.8 Å². The lowest BCUT2D eigenvalue weighted by Crippen LogP contribution is -2.50. The zero-order valence-electron chi connectivity index (χ0n) is 16.7. The van der Waals surface area contributed by atoms with Gasteiger partial charge in [0, 0.05) is 29.1 Å². The standard InChI is InChI=1S/C22H28N4O2S/c1-13-20(22(27)18(28-13)12-29-2)26(24)21-15-8-4-3-7-14(15)11-25-17-10-6-5-9-16(17)19(21)23/h3-10,13,18,20,22,25,27H,11-12,23-24H2,1-2H3/b21-19-. The number of nitrogens with one attached hydrogen (secondary N) is 1. The van der Waals surface area contributed by atoms with Gasteiger partial charge in [-0.05, 0) is 24.8 Å². The largest absolute Gasteiger partial charge is 0.396 e. The van der Waals surface area contributed by atoms with Crippen molar-refractivity contribution in [1.29, 1.82) is 0 Å². The lowest BCUT2D eigenvalue weighted by Gasteiger charge is -2.35. The Morgan fingerprint density at radius 1 is 1.17 bits per heavy atom. The van der Waals surface area contributed by atoms with Gasteiger partial charge in [0.2, 0.25) is 0 Å². The van der Waals surface area contributed by atoms with Crippen molar-refractivity contribution in [3.63, 3.8) is 0 Å². The summed E-state index contributed by atoms with van der Waals surface area (Å²) in [6.45, 7) is 2.61. The predicted molar refractivity (Wildman–Crippen MR) is 120 cm³/mol. The second kappa shape index (κ2) is 8.28. The average molecular weight is 413 g/mol. The summed E-state index contributed by atoms with van der Waals surface area (Å²) < 4.78 is 6.02. The summed E-state index contributed by atoms with van der Waals surface area (Å²) in [7, 11) is 0. The molecule has 0 saturated carbocycles. The number of thioether (sulfide) groups is 1. The van der Waals surface area contributed by atoms with Crippen molar-refractivity contribution in [2.75, 3.05) is 17.3 Å². The summed E-state index contributed by atoms with van der Waals surface area (Å²) in [6, 6.07) is 15.6. The quantitative estimate of drug-likeness (QED) is 0.452. The van der Waals surface area contributed by atoms with E-state index in [2.05, 4.69) is 11.4 Å². The Kier molecular flexibility index (Phi) is 5.74. The molecule has 0 aliphatic carbocycles. The number of nitrogens with zero attached hydrogens (tertiary/aromatic N) is 1. The molecule has 2 aliphatic rings. The van der Waals surface area contributed by atoms with E-state index in [9.17, 15) is 5.11 Å². The first kappa shape index (κ1) is 20.1. The van der Waals surface area contributed by atoms with Gasteiger partial charge < -0.3 is 20.9 Å². The first-order chi connectivity index (χ1) is 14.0. The smallest absolute Gasteiger partial charge is 0.105 e. The number of nitrogens with two attached hydrogens (primary N) is 2. The van der Waals surface area contributed by atoms with Crippen molar-refractivity contribution in [2.45, 2.75) is 37.8 Å². The average Bonchev–Trinajstić information content (AvgIpc) is 2.99. The van der Waals surface area contributed by atoms with E-state index < -0.39 is 12.1 Å². The van der Waals surface area contributed by atoms with Crippen LogP contribution < -0.4 is 16.9 Å². The van der Waals surface area contributed by atoms with Gasteiger partial charge in [0.25, 0.3) is 0 Å². The van der Waals surface area contributed by atoms with Crippen LogP contribution in [0.2, 0.25) is 0 Å². The number of rotatable bonds is 4. The number of aliphatic hydroxyl groups is 1. The molecule has 1 fully saturated rings. The maximum absolute atomic E-state index is 11.0. The van der Waals surface area contributed by atoms with Crippen LogP contribution in [0, 0.1) is 0 Å². The van der Waals surface area contributed by atoms with Gasteiger partial charge in [-0.15, -0.1) is 0 Å². The maximum Gasteiger partial charge on any atom is 0.105 e. The highest BCUT2D eigenvalue weighted by Crippen LogP contribution is 2.37. The Labute approximate surface area is 175 Å². The van der Waals surface area contributed by atoms with Crippen LogP contribution in [0.3, 0.4) is 0 Å². The summed E-state index contributed by atoms with van der Waals surface area (Å²) in [5, 5.41) is 16.1. The first-order valence-electron chi connectivity index (χ1n) is 9.80. The topological polar surface area (TPSA) is 96.8 Å². The number of benzene rings is 2. The second-order valence-electron chi connectivity index (χ2n) is 7.54. The third-order valence-electron chi connectivity index (χ3n) is 5.73. The highest BCUT2D eigenvalue weighted by molar-refractivity contribution is 7.98. The predicted octanol–water partition coefficient (Wildman–Crippen LogP) is 2.45. The molecular weight excluding hydrogens is 384 g/mol. The monoisotopic (exact) mass is 412 g/mol. The van der Waals surface area contributed by atoms with Gasteiger partial charge in [0.1, 0.15) is 6.10 Å². The molecule has 29 heavy (non-hydrogen) atoms. The first-order valence-corrected chi connectivity index (χ1v) is 11.2. The Balaban J connectivity index is 1.84. The van der Waals surface area contributed by atoms with Crippen LogP contribution in [0.1, 0.15) is 23.6 Å². The highest BCUT2D eigenvalue weighted by Gasteiger charge is 2.45. The summed E-state index contributed by atoms with van der Waals surface area (Å²) in [5.74, 6) is 7.42. The van der Waals surface area contributed by atoms with Gasteiger partial charge in [-0.1, -0.05) is 42.5 Å². The molecule has 4 unspecified atom stereocenters. The fraction of sp³-hybridized carbons (Fsp3) is 0.364. The number of hydrogen-bond donors (Lipinski definition) is 4. The molecule has 0 spiro atoms. The number of fused-ring (bicyclic) bond motifs is 2. The van der Waals surface area contributed by atoms with E-state index >= 15 is 0 Å². The van der Waals surface area contributed by atoms with Gasteiger partial charge in [0.05, 0.1) is 29.6 Å². The van der Waals surface area contributed by atoms with E-state index in [1.54, 1.807) is 16.8 Å². The molecule has 2 aromatic carbocycles. The molecule has 0 aromatic heterocycles. The van der Waals surface area contributed by atoms with Crippen molar-refractivity contribution < 1.29 is 9.84 Å². The Morgan fingerprint density at radius 2 is 1.86 bits per heavy atom. The van der Waals surface area contributed by atoms with E-state index in [1.165, 1.54) is 0 Å². The molecule has 1 saturated heterocycles. The van der Waals surface area contributed by atoms with Gasteiger partial charge in [0.15, 0.2) is 0 Å². The van der Waals surface area contributed by atoms with E-state index in [0.717, 1.165) is 28.1 Å². The second-order valence-corrected chi connectivity index (χ2v) is 8.45. The third-order valence-corrected chi connectivity index (χ3v) is 6.39. The molecule has 4 atom stereocenters. The molecule has 6 nitrogen and oxygen atoms in total. The normalized spacial score (nSPS) is 28.7. The Morgan fingerprint density at radius 3 is 2.62 bits per heavy atom. The van der Waals surface area contributed by atoms with Crippen molar-refractivity contribution in [2.24, 2.45) is 11.6 Å². The lowest BCUT2D eigenvalue weighted by molar-refractivity contribution is 0.0318. The van der Waals surface area contributed by atoms with Crippen LogP contribution >= 0.6 is 11.8 Å². The number of ether oxygens (including phenoxy) is 1. The third kappa shape index (κ3) is 3.59. The van der Waals surface area contributed by atoms with Gasteiger partial charge in [-0.25, -0.2) is 5.84 Å². The minimum atomic E-state index is -0.700. The molecule has 2 aromatic rings. The van der Waals surface area contributed by atoms with Crippen LogP contribution in [0.15, 0.2) is 48.5 Å². The van der Waals surface area contributed by atoms with Crippen LogP contribution in [0.25, 0.3) is 11.4 Å². The Hall–Kier alpha value is -2.19. The lowest BCUT2D eigenvalue weighted by atomic mass is 9.95. The molecular formula is C22H28N4O2S. The molecule has 2 heterocycles. The van der Waals surface area contributed by atoms with Crippen molar-refractivity contribution in [3.8, 4) is 0 Å². The molecule has 4 rings (SSSR count). The molecule has 154 valence electrons. The molecule has 6 N–H and O–H groups in total. The summed E-state index contributed by atoms with van der Waals surface area (Å²) >= 11 is 1.65. The summed E-state index contributed by atoms with van der Waals surface area (Å²) in [5.41, 5.74) is 11.9. The van der Waals surface area contributed by atoms with Crippen molar-refractivity contribution in [1.82, 2.24) is 5.01 Å². The number of aliphatic hydroxyl groups excluding tert-OH is 1. The fourth-order valence-electron chi connectivity index (χ4n) is 4.30. The Bertz CT molecular complexity index is 919. The van der Waals surface area contributed by atoms with Crippen LogP contribution in [-0.2, 0) is 11.3 Å². The maximum atomic E-state index is 11.0. The van der Waals surface area contributed by atoms with E-state index in [4.69, 9.17) is 16.3 Å². The van der Waals surface area contributed by atoms with E-state index in [0.29, 0.717) is 18.0 Å². The van der Waals surface area contributed by atoms with E-state index in [-0.39, 0.29) is 12.2 Å². The number of hydrogen-bond acceptors (Lipinski definition) is 7. The number of hydrazine groups is 1. The summed E-state index contributed by atoms with van der Waals surface area (Å²) in [6.07, 6.45) is 0.826. The number of para-hydroxylation sites is 1. The van der Waals surface area contributed by atoms with E-state index in [1.807, 2.05) is 55.6 Å².